The molecule has 1 heterocycles. The van der Waals surface area contributed by atoms with E-state index in [0.717, 1.165) is 44.6 Å². The maximum absolute atomic E-state index is 12.4. The van der Waals surface area contributed by atoms with Crippen LogP contribution in [0, 0.1) is 0 Å². The number of nitrogens with one attached hydrogen (secondary N) is 1. The van der Waals surface area contributed by atoms with E-state index < -0.39 is 0 Å². The summed E-state index contributed by atoms with van der Waals surface area (Å²) in [5.41, 5.74) is 2.04. The molecule has 0 bridgehead atoms. The van der Waals surface area contributed by atoms with Crippen molar-refractivity contribution in [1.29, 1.82) is 0 Å². The number of nitrogens with zero attached hydrogens (tertiary/aromatic N) is 1. The number of carbonyl (C=O) groups excluding carboxylic acids is 1. The second kappa shape index (κ2) is 9.39. The van der Waals surface area contributed by atoms with Crippen molar-refractivity contribution in [3.8, 4) is 5.75 Å². The van der Waals surface area contributed by atoms with E-state index >= 15 is 0 Å². The minimum atomic E-state index is 0.00792. The number of hydrogen-bond donors (Lipinski definition) is 1. The molecule has 26 heavy (non-hydrogen) atoms. The molecule has 0 saturated carbocycles. The number of likely N-dealkylation sites (tertiary alicyclic amines) is 1. The van der Waals surface area contributed by atoms with Gasteiger partial charge in [0.15, 0.2) is 0 Å². The summed E-state index contributed by atoms with van der Waals surface area (Å²) >= 11 is 0. The zero-order valence-electron chi connectivity index (χ0n) is 15.5. The van der Waals surface area contributed by atoms with Crippen LogP contribution < -0.4 is 10.1 Å². The summed E-state index contributed by atoms with van der Waals surface area (Å²) in [6.07, 6.45) is 2.97. The first-order valence-corrected chi connectivity index (χ1v) is 9.54. The molecule has 1 N–H and O–H groups in total. The molecule has 0 spiro atoms. The topological polar surface area (TPSA) is 41.6 Å². The Balaban J connectivity index is 1.44. The third-order valence-corrected chi connectivity index (χ3v) is 4.76. The predicted octanol–water partition coefficient (Wildman–Crippen LogP) is 3.87. The molecule has 0 aliphatic carbocycles. The zero-order chi connectivity index (χ0) is 18.2. The van der Waals surface area contributed by atoms with Gasteiger partial charge in [0.05, 0.1) is 6.61 Å². The van der Waals surface area contributed by atoms with Crippen LogP contribution in [0.3, 0.4) is 0 Å². The van der Waals surface area contributed by atoms with Crippen molar-refractivity contribution in [3.63, 3.8) is 0 Å². The summed E-state index contributed by atoms with van der Waals surface area (Å²) in [5.74, 6) is 0.825. The predicted molar refractivity (Wildman–Crippen MR) is 104 cm³/mol. The monoisotopic (exact) mass is 352 g/mol. The Morgan fingerprint density at radius 2 is 1.77 bits per heavy atom. The van der Waals surface area contributed by atoms with Crippen molar-refractivity contribution in [3.05, 3.63) is 65.7 Å². The Kier molecular flexibility index (Phi) is 6.67. The standard InChI is InChI=1S/C22H28N2O2/c1-2-16-26-21-10-8-19(9-11-21)22(25)23-20-12-14-24(15-13-20)17-18-6-4-3-5-7-18/h3-11,20H,2,12-17H2,1H3,(H,23,25). The second-order valence-corrected chi connectivity index (χ2v) is 6.88. The number of amides is 1. The molecule has 138 valence electrons. The van der Waals surface area contributed by atoms with Crippen molar-refractivity contribution in [2.24, 2.45) is 0 Å². The zero-order valence-corrected chi connectivity index (χ0v) is 15.5. The van der Waals surface area contributed by atoms with Gasteiger partial charge in [0.25, 0.3) is 5.91 Å². The summed E-state index contributed by atoms with van der Waals surface area (Å²) in [7, 11) is 0. The lowest BCUT2D eigenvalue weighted by Crippen LogP contribution is -2.44. The van der Waals surface area contributed by atoms with Crippen LogP contribution in [-0.2, 0) is 6.54 Å². The van der Waals surface area contributed by atoms with Gasteiger partial charge in [-0.25, -0.2) is 0 Å². The van der Waals surface area contributed by atoms with Crippen LogP contribution in [0.1, 0.15) is 42.1 Å². The van der Waals surface area contributed by atoms with Crippen LogP contribution in [0.4, 0.5) is 0 Å². The average molecular weight is 352 g/mol. The SMILES string of the molecule is CCCOc1ccc(C(=O)NC2CCN(Cc3ccccc3)CC2)cc1. The molecule has 1 fully saturated rings. The van der Waals surface area contributed by atoms with Crippen molar-refractivity contribution < 1.29 is 9.53 Å². The molecule has 3 rings (SSSR count). The lowest BCUT2D eigenvalue weighted by atomic mass is 10.0. The number of rotatable bonds is 7. The number of ether oxygens (including phenoxy) is 1. The summed E-state index contributed by atoms with van der Waals surface area (Å²) in [6.45, 7) is 5.80. The van der Waals surface area contributed by atoms with E-state index in [0.29, 0.717) is 12.2 Å². The third kappa shape index (κ3) is 5.33. The van der Waals surface area contributed by atoms with Gasteiger partial charge in [-0.1, -0.05) is 37.3 Å². The first kappa shape index (κ1) is 18.5. The molecule has 0 atom stereocenters. The summed E-state index contributed by atoms with van der Waals surface area (Å²) in [5, 5.41) is 3.18. The van der Waals surface area contributed by atoms with Crippen molar-refractivity contribution in [2.45, 2.75) is 38.8 Å². The molecular weight excluding hydrogens is 324 g/mol. The highest BCUT2D eigenvalue weighted by Gasteiger charge is 2.21. The highest BCUT2D eigenvalue weighted by atomic mass is 16.5. The highest BCUT2D eigenvalue weighted by molar-refractivity contribution is 5.94. The van der Waals surface area contributed by atoms with Gasteiger partial charge >= 0.3 is 0 Å². The van der Waals surface area contributed by atoms with Crippen molar-refractivity contribution in [2.75, 3.05) is 19.7 Å². The number of carbonyl (C=O) groups is 1. The second-order valence-electron chi connectivity index (χ2n) is 6.88. The summed E-state index contributed by atoms with van der Waals surface area (Å²) < 4.78 is 5.56. The van der Waals surface area contributed by atoms with Gasteiger partial charge in [-0.3, -0.25) is 9.69 Å². The van der Waals surface area contributed by atoms with Gasteiger partial charge in [0.1, 0.15) is 5.75 Å². The van der Waals surface area contributed by atoms with Gasteiger partial charge in [-0.05, 0) is 49.1 Å². The maximum Gasteiger partial charge on any atom is 0.251 e. The first-order valence-electron chi connectivity index (χ1n) is 9.54. The average Bonchev–Trinajstić information content (AvgIpc) is 2.69. The smallest absolute Gasteiger partial charge is 0.251 e. The molecule has 4 nitrogen and oxygen atoms in total. The van der Waals surface area contributed by atoms with E-state index in [1.165, 1.54) is 5.56 Å². The molecule has 1 aliphatic heterocycles. The fraction of sp³-hybridized carbons (Fsp3) is 0.409. The van der Waals surface area contributed by atoms with Gasteiger partial charge in [-0.15, -0.1) is 0 Å². The van der Waals surface area contributed by atoms with Crippen LogP contribution in [0.25, 0.3) is 0 Å². The van der Waals surface area contributed by atoms with E-state index in [2.05, 4.69) is 41.4 Å². The van der Waals surface area contributed by atoms with Gasteiger partial charge in [0.2, 0.25) is 0 Å². The molecule has 0 radical (unpaired) electrons. The molecule has 1 aliphatic rings. The Bertz CT molecular complexity index is 677. The quantitative estimate of drug-likeness (QED) is 0.822. The summed E-state index contributed by atoms with van der Waals surface area (Å²) in [4.78, 5) is 14.9. The van der Waals surface area contributed by atoms with Crippen molar-refractivity contribution >= 4 is 5.91 Å². The van der Waals surface area contributed by atoms with E-state index in [4.69, 9.17) is 4.74 Å². The molecule has 0 aromatic heterocycles. The number of benzene rings is 2. The first-order chi connectivity index (χ1) is 12.7. The molecule has 1 saturated heterocycles. The Labute approximate surface area is 156 Å². The van der Waals surface area contributed by atoms with Gasteiger partial charge in [0, 0.05) is 31.2 Å². The molecule has 4 heteroatoms. The fourth-order valence-corrected chi connectivity index (χ4v) is 3.27. The van der Waals surface area contributed by atoms with Crippen LogP contribution >= 0.6 is 0 Å². The molecule has 2 aromatic rings. The Hall–Kier alpha value is -2.33. The van der Waals surface area contributed by atoms with Crippen LogP contribution in [0.15, 0.2) is 54.6 Å². The van der Waals surface area contributed by atoms with E-state index in [1.54, 1.807) is 0 Å². The molecule has 2 aromatic carbocycles. The van der Waals surface area contributed by atoms with Gasteiger partial charge in [-0.2, -0.15) is 0 Å². The third-order valence-electron chi connectivity index (χ3n) is 4.76. The molecular formula is C22H28N2O2. The molecule has 1 amide bonds. The van der Waals surface area contributed by atoms with Crippen molar-refractivity contribution in [1.82, 2.24) is 10.2 Å². The minimum Gasteiger partial charge on any atom is -0.494 e. The maximum atomic E-state index is 12.4. The Morgan fingerprint density at radius 1 is 1.08 bits per heavy atom. The number of hydrogen-bond acceptors (Lipinski definition) is 3. The van der Waals surface area contributed by atoms with Crippen LogP contribution in [-0.4, -0.2) is 36.5 Å². The van der Waals surface area contributed by atoms with E-state index in [-0.39, 0.29) is 11.9 Å². The van der Waals surface area contributed by atoms with Gasteiger partial charge < -0.3 is 10.1 Å². The Morgan fingerprint density at radius 3 is 2.42 bits per heavy atom. The van der Waals surface area contributed by atoms with E-state index in [1.807, 2.05) is 30.3 Å². The highest BCUT2D eigenvalue weighted by Crippen LogP contribution is 2.16. The normalized spacial score (nSPS) is 15.6. The summed E-state index contributed by atoms with van der Waals surface area (Å²) in [6, 6.07) is 18.2. The minimum absolute atomic E-state index is 0.00792. The molecule has 0 unspecified atom stereocenters. The largest absolute Gasteiger partial charge is 0.494 e. The lowest BCUT2D eigenvalue weighted by Gasteiger charge is -2.32. The van der Waals surface area contributed by atoms with E-state index in [9.17, 15) is 4.79 Å². The van der Waals surface area contributed by atoms with Crippen LogP contribution in [0.5, 0.6) is 5.75 Å². The lowest BCUT2D eigenvalue weighted by molar-refractivity contribution is 0.0909. The fourth-order valence-electron chi connectivity index (χ4n) is 3.27. The van der Waals surface area contributed by atoms with Crippen LogP contribution in [0.2, 0.25) is 0 Å². The number of piperidine rings is 1.